The molecular weight excluding hydrogens is 140 g/mol. The second kappa shape index (κ2) is 7.54. The molecule has 0 atom stereocenters. The highest BCUT2D eigenvalue weighted by atomic mass is 16.1. The first-order chi connectivity index (χ1) is 5.27. The Bertz CT molecular complexity index is 109. The molecule has 0 aromatic carbocycles. The van der Waals surface area contributed by atoms with E-state index in [1.54, 1.807) is 6.92 Å². The minimum Gasteiger partial charge on any atom is -0.356 e. The quantitative estimate of drug-likeness (QED) is 0.563. The highest BCUT2D eigenvalue weighted by Crippen LogP contribution is 1.75. The van der Waals surface area contributed by atoms with Crippen molar-refractivity contribution in [2.75, 3.05) is 19.6 Å². The number of amides is 1. The number of hydrogen-bond acceptors (Lipinski definition) is 2. The Hall–Kier alpha value is -0.570. The fraction of sp³-hybridized carbons (Fsp3) is 0.875. The molecule has 2 N–H and O–H groups in total. The van der Waals surface area contributed by atoms with Crippen LogP contribution in [-0.4, -0.2) is 25.5 Å². The van der Waals surface area contributed by atoms with Crippen molar-refractivity contribution < 1.29 is 6.22 Å². The van der Waals surface area contributed by atoms with E-state index in [-0.39, 0.29) is 7.33 Å². The predicted octanol–water partition coefficient (Wildman–Crippen LogP) is 0.758. The fourth-order valence-corrected chi connectivity index (χ4v) is 0.780. The molecule has 0 rings (SSSR count). The van der Waals surface area contributed by atoms with Crippen LogP contribution in [0.4, 0.5) is 0 Å². The van der Waals surface area contributed by atoms with Gasteiger partial charge in [0.05, 0.1) is 0 Å². The van der Waals surface area contributed by atoms with Crippen molar-refractivity contribution in [3.63, 3.8) is 0 Å². The van der Waals surface area contributed by atoms with Crippen LogP contribution >= 0.6 is 0 Å². The van der Waals surface area contributed by atoms with E-state index in [0.29, 0.717) is 0 Å². The van der Waals surface area contributed by atoms with Crippen LogP contribution in [0.5, 0.6) is 0 Å². The normalized spacial score (nSPS) is 9.64. The largest absolute Gasteiger partial charge is 0.356 e. The van der Waals surface area contributed by atoms with Gasteiger partial charge in [0.15, 0.2) is 0 Å². The highest BCUT2D eigenvalue weighted by Gasteiger charge is 1.89. The summed E-state index contributed by atoms with van der Waals surface area (Å²) in [7, 11) is 0. The first kappa shape index (κ1) is 10.4. The summed E-state index contributed by atoms with van der Waals surface area (Å²) in [5, 5.41) is 6.00. The van der Waals surface area contributed by atoms with Gasteiger partial charge in [0.1, 0.15) is 0 Å². The minimum atomic E-state index is 0. The van der Waals surface area contributed by atoms with Gasteiger partial charge in [-0.1, -0.05) is 6.92 Å². The molecule has 0 bridgehead atoms. The zero-order valence-corrected chi connectivity index (χ0v) is 7.44. The smallest absolute Gasteiger partial charge is 0.216 e. The van der Waals surface area contributed by atoms with Crippen molar-refractivity contribution in [2.24, 2.45) is 0 Å². The third-order valence-electron chi connectivity index (χ3n) is 1.33. The predicted molar refractivity (Wildman–Crippen MR) is 48.6 cm³/mol. The number of hydrogen-bond donors (Lipinski definition) is 2. The van der Waals surface area contributed by atoms with Gasteiger partial charge in [0, 0.05) is 14.9 Å². The second-order valence-electron chi connectivity index (χ2n) is 2.59. The van der Waals surface area contributed by atoms with E-state index in [4.69, 9.17) is 0 Å². The van der Waals surface area contributed by atoms with E-state index < -0.39 is 0 Å². The number of carbonyl (C=O) groups is 1. The standard InChI is InChI=1S/C8H18N2O.H2/c1-3-5-9-6-4-7-10-8(2)11;/h9H,3-7H2,1-2H3,(H,10,11);1H. The second-order valence-corrected chi connectivity index (χ2v) is 2.59. The van der Waals surface area contributed by atoms with Gasteiger partial charge in [-0.2, -0.15) is 0 Å². The summed E-state index contributed by atoms with van der Waals surface area (Å²) in [6, 6.07) is 0. The molecule has 0 aromatic rings. The lowest BCUT2D eigenvalue weighted by atomic mass is 10.4. The van der Waals surface area contributed by atoms with Crippen molar-refractivity contribution in [3.05, 3.63) is 0 Å². The van der Waals surface area contributed by atoms with Gasteiger partial charge in [-0.3, -0.25) is 4.79 Å². The summed E-state index contributed by atoms with van der Waals surface area (Å²) in [4.78, 5) is 10.4. The molecule has 0 unspecified atom stereocenters. The van der Waals surface area contributed by atoms with E-state index >= 15 is 0 Å². The van der Waals surface area contributed by atoms with Gasteiger partial charge in [-0.15, -0.1) is 0 Å². The van der Waals surface area contributed by atoms with Gasteiger partial charge < -0.3 is 10.6 Å². The van der Waals surface area contributed by atoms with E-state index in [1.165, 1.54) is 6.42 Å². The molecule has 3 nitrogen and oxygen atoms in total. The molecule has 0 heterocycles. The van der Waals surface area contributed by atoms with Crippen molar-refractivity contribution >= 4 is 5.91 Å². The van der Waals surface area contributed by atoms with E-state index in [0.717, 1.165) is 26.1 Å². The molecule has 0 radical (unpaired) electrons. The zero-order valence-electron chi connectivity index (χ0n) is 7.44. The summed E-state index contributed by atoms with van der Waals surface area (Å²) in [5.74, 6) is 0.0560. The average Bonchev–Trinajstić information content (AvgIpc) is 1.96. The molecule has 0 saturated carbocycles. The molecule has 0 aliphatic rings. The van der Waals surface area contributed by atoms with E-state index in [1.807, 2.05) is 0 Å². The van der Waals surface area contributed by atoms with Crippen molar-refractivity contribution in [1.82, 2.24) is 10.6 Å². The molecule has 0 fully saturated rings. The lowest BCUT2D eigenvalue weighted by Gasteiger charge is -2.02. The SMILES string of the molecule is CCCNCCCNC(C)=O.[HH]. The summed E-state index contributed by atoms with van der Waals surface area (Å²) in [6.45, 7) is 6.53. The molecule has 68 valence electrons. The van der Waals surface area contributed by atoms with Crippen LogP contribution in [-0.2, 0) is 4.79 Å². The first-order valence-electron chi connectivity index (χ1n) is 4.22. The Labute approximate surface area is 70.0 Å². The molecule has 0 aliphatic carbocycles. The van der Waals surface area contributed by atoms with Crippen LogP contribution < -0.4 is 10.6 Å². The van der Waals surface area contributed by atoms with Crippen molar-refractivity contribution in [1.29, 1.82) is 0 Å². The Morgan fingerprint density at radius 3 is 2.64 bits per heavy atom. The summed E-state index contributed by atoms with van der Waals surface area (Å²) >= 11 is 0. The van der Waals surface area contributed by atoms with Gasteiger partial charge in [0.2, 0.25) is 5.91 Å². The monoisotopic (exact) mass is 160 g/mol. The maximum absolute atomic E-state index is 10.4. The van der Waals surface area contributed by atoms with Gasteiger partial charge in [0.25, 0.3) is 0 Å². The fourth-order valence-electron chi connectivity index (χ4n) is 0.780. The first-order valence-corrected chi connectivity index (χ1v) is 4.22. The number of nitrogens with one attached hydrogen (secondary N) is 2. The Morgan fingerprint density at radius 1 is 1.36 bits per heavy atom. The molecule has 0 saturated heterocycles. The summed E-state index contributed by atoms with van der Waals surface area (Å²) in [6.07, 6.45) is 2.18. The molecular formula is C8H20N2O. The van der Waals surface area contributed by atoms with Gasteiger partial charge in [-0.05, 0) is 25.9 Å². The van der Waals surface area contributed by atoms with Crippen LogP contribution in [0.1, 0.15) is 28.1 Å². The Balaban J connectivity index is 0. The third-order valence-corrected chi connectivity index (χ3v) is 1.33. The maximum atomic E-state index is 10.4. The highest BCUT2D eigenvalue weighted by molar-refractivity contribution is 5.72. The van der Waals surface area contributed by atoms with Crippen LogP contribution in [0.3, 0.4) is 0 Å². The number of carbonyl (C=O) groups excluding carboxylic acids is 1. The van der Waals surface area contributed by atoms with E-state index in [2.05, 4.69) is 17.6 Å². The maximum Gasteiger partial charge on any atom is 0.216 e. The topological polar surface area (TPSA) is 41.1 Å². The summed E-state index contributed by atoms with van der Waals surface area (Å²) in [5.41, 5.74) is 0. The third kappa shape index (κ3) is 9.43. The van der Waals surface area contributed by atoms with Crippen LogP contribution in [0.2, 0.25) is 0 Å². The molecule has 0 aliphatic heterocycles. The van der Waals surface area contributed by atoms with Crippen LogP contribution in [0, 0.1) is 0 Å². The molecule has 3 heteroatoms. The summed E-state index contributed by atoms with van der Waals surface area (Å²) < 4.78 is 0. The van der Waals surface area contributed by atoms with Crippen LogP contribution in [0.25, 0.3) is 0 Å². The Kier molecular flexibility index (Phi) is 7.15. The molecule has 1 amide bonds. The lowest BCUT2D eigenvalue weighted by Crippen LogP contribution is -2.25. The molecule has 11 heavy (non-hydrogen) atoms. The number of rotatable bonds is 6. The van der Waals surface area contributed by atoms with Gasteiger partial charge in [-0.25, -0.2) is 0 Å². The average molecular weight is 160 g/mol. The van der Waals surface area contributed by atoms with Gasteiger partial charge >= 0.3 is 0 Å². The minimum absolute atomic E-state index is 0. The Morgan fingerprint density at radius 2 is 2.09 bits per heavy atom. The zero-order chi connectivity index (χ0) is 8.53. The van der Waals surface area contributed by atoms with Crippen molar-refractivity contribution in [2.45, 2.75) is 26.7 Å². The van der Waals surface area contributed by atoms with Crippen molar-refractivity contribution in [3.8, 4) is 0 Å². The lowest BCUT2D eigenvalue weighted by molar-refractivity contribution is -0.118. The molecule has 0 aromatic heterocycles. The molecule has 0 spiro atoms. The van der Waals surface area contributed by atoms with E-state index in [9.17, 15) is 4.79 Å². The van der Waals surface area contributed by atoms with Crippen LogP contribution in [0.15, 0.2) is 0 Å².